The van der Waals surface area contributed by atoms with E-state index in [0.717, 1.165) is 10.7 Å². The Balaban J connectivity index is 2.17. The molecular weight excluding hydrogens is 294 g/mol. The fourth-order valence-electron chi connectivity index (χ4n) is 1.80. The molecule has 0 atom stereocenters. The number of non-ortho nitro benzene ring substituents is 1. The minimum absolute atomic E-state index is 0.000775. The fourth-order valence-corrected chi connectivity index (χ4v) is 2.71. The molecular formula is C13H15N3O4S. The number of nitro groups is 1. The molecule has 1 N–H and O–H groups in total. The first-order chi connectivity index (χ1) is 10.0. The van der Waals surface area contributed by atoms with Crippen molar-refractivity contribution in [1.82, 2.24) is 9.55 Å². The van der Waals surface area contributed by atoms with Crippen molar-refractivity contribution in [3.8, 4) is 5.75 Å². The van der Waals surface area contributed by atoms with Gasteiger partial charge in [-0.2, -0.15) is 0 Å². The smallest absolute Gasteiger partial charge is 0.273 e. The second kappa shape index (κ2) is 6.59. The van der Waals surface area contributed by atoms with E-state index in [9.17, 15) is 10.1 Å². The highest BCUT2D eigenvalue weighted by atomic mass is 32.2. The van der Waals surface area contributed by atoms with E-state index in [0.29, 0.717) is 17.2 Å². The minimum atomic E-state index is -0.443. The molecule has 0 aliphatic carbocycles. The first kappa shape index (κ1) is 15.3. The first-order valence-electron chi connectivity index (χ1n) is 6.11. The van der Waals surface area contributed by atoms with Crippen LogP contribution in [0.15, 0.2) is 29.6 Å². The summed E-state index contributed by atoms with van der Waals surface area (Å²) in [4.78, 5) is 14.7. The van der Waals surface area contributed by atoms with Crippen LogP contribution < -0.4 is 4.74 Å². The molecule has 0 aliphatic heterocycles. The molecule has 2 aromatic rings. The van der Waals surface area contributed by atoms with Gasteiger partial charge in [-0.15, -0.1) is 0 Å². The molecule has 0 radical (unpaired) electrons. The third-order valence-corrected chi connectivity index (χ3v) is 4.08. The summed E-state index contributed by atoms with van der Waals surface area (Å²) < 4.78 is 6.87. The Kier molecular flexibility index (Phi) is 4.81. The number of aliphatic hydroxyl groups is 1. The maximum Gasteiger partial charge on any atom is 0.273 e. The molecule has 2 rings (SSSR count). The molecule has 0 fully saturated rings. The topological polar surface area (TPSA) is 90.4 Å². The summed E-state index contributed by atoms with van der Waals surface area (Å²) in [5.41, 5.74) is 1.49. The number of benzene rings is 1. The zero-order valence-electron chi connectivity index (χ0n) is 11.6. The first-order valence-corrected chi connectivity index (χ1v) is 7.10. The summed E-state index contributed by atoms with van der Waals surface area (Å²) in [6, 6.07) is 4.67. The van der Waals surface area contributed by atoms with Gasteiger partial charge >= 0.3 is 0 Å². The van der Waals surface area contributed by atoms with Crippen LogP contribution in [0.5, 0.6) is 5.75 Å². The van der Waals surface area contributed by atoms with Crippen LogP contribution in [0.3, 0.4) is 0 Å². The molecule has 1 aromatic heterocycles. The number of ether oxygens (including phenoxy) is 1. The molecule has 0 unspecified atom stereocenters. The second-order valence-corrected chi connectivity index (χ2v) is 5.28. The Morgan fingerprint density at radius 3 is 2.81 bits per heavy atom. The number of nitro benzene ring substituents is 1. The minimum Gasteiger partial charge on any atom is -0.496 e. The van der Waals surface area contributed by atoms with E-state index in [1.807, 2.05) is 7.05 Å². The van der Waals surface area contributed by atoms with Gasteiger partial charge in [0, 0.05) is 18.9 Å². The maximum atomic E-state index is 10.9. The molecule has 8 heteroatoms. The van der Waals surface area contributed by atoms with E-state index >= 15 is 0 Å². The number of methoxy groups -OCH3 is 1. The molecule has 1 heterocycles. The predicted octanol–water partition coefficient (Wildman–Crippen LogP) is 2.12. The monoisotopic (exact) mass is 309 g/mol. The van der Waals surface area contributed by atoms with Crippen molar-refractivity contribution < 1.29 is 14.8 Å². The molecule has 0 amide bonds. The lowest BCUT2D eigenvalue weighted by atomic mass is 10.2. The summed E-state index contributed by atoms with van der Waals surface area (Å²) in [6.07, 6.45) is 1.61. The Morgan fingerprint density at radius 1 is 1.48 bits per heavy atom. The molecule has 0 saturated carbocycles. The van der Waals surface area contributed by atoms with Crippen molar-refractivity contribution in [3.63, 3.8) is 0 Å². The van der Waals surface area contributed by atoms with Gasteiger partial charge in [0.05, 0.1) is 36.6 Å². The van der Waals surface area contributed by atoms with E-state index < -0.39 is 4.92 Å². The van der Waals surface area contributed by atoms with Crippen LogP contribution in [0.1, 0.15) is 11.3 Å². The SMILES string of the molecule is COc1cc(CSc2ncc(CO)n2C)cc([N+](=O)[O-])c1. The summed E-state index contributed by atoms with van der Waals surface area (Å²) in [7, 11) is 3.29. The zero-order chi connectivity index (χ0) is 15.4. The summed E-state index contributed by atoms with van der Waals surface area (Å²) in [5.74, 6) is 0.976. The number of hydrogen-bond donors (Lipinski definition) is 1. The average Bonchev–Trinajstić information content (AvgIpc) is 2.85. The molecule has 0 bridgehead atoms. The van der Waals surface area contributed by atoms with Gasteiger partial charge in [-0.1, -0.05) is 11.8 Å². The van der Waals surface area contributed by atoms with Gasteiger partial charge in [0.25, 0.3) is 5.69 Å². The van der Waals surface area contributed by atoms with Crippen molar-refractivity contribution in [3.05, 3.63) is 45.8 Å². The Hall–Kier alpha value is -2.06. The van der Waals surface area contributed by atoms with Gasteiger partial charge in [0.15, 0.2) is 5.16 Å². The average molecular weight is 309 g/mol. The molecule has 112 valence electrons. The Morgan fingerprint density at radius 2 is 2.24 bits per heavy atom. The third kappa shape index (κ3) is 3.53. The van der Waals surface area contributed by atoms with Crippen molar-refractivity contribution in [1.29, 1.82) is 0 Å². The van der Waals surface area contributed by atoms with Crippen LogP contribution >= 0.6 is 11.8 Å². The number of aromatic nitrogens is 2. The van der Waals surface area contributed by atoms with Gasteiger partial charge in [0.1, 0.15) is 5.75 Å². The van der Waals surface area contributed by atoms with Crippen molar-refractivity contribution in [2.45, 2.75) is 17.5 Å². The van der Waals surface area contributed by atoms with E-state index in [1.165, 1.54) is 31.0 Å². The van der Waals surface area contributed by atoms with E-state index in [4.69, 9.17) is 9.84 Å². The highest BCUT2D eigenvalue weighted by molar-refractivity contribution is 7.98. The highest BCUT2D eigenvalue weighted by Gasteiger charge is 2.12. The summed E-state index contributed by atoms with van der Waals surface area (Å²) in [5, 5.41) is 20.8. The largest absolute Gasteiger partial charge is 0.496 e. The van der Waals surface area contributed by atoms with Crippen LogP contribution in [0.25, 0.3) is 0 Å². The predicted molar refractivity (Wildman–Crippen MR) is 78.3 cm³/mol. The lowest BCUT2D eigenvalue weighted by molar-refractivity contribution is -0.385. The standard InChI is InChI=1S/C13H15N3O4S/c1-15-11(7-17)6-14-13(15)21-8-9-3-10(16(18)19)5-12(4-9)20-2/h3-6,17H,7-8H2,1-2H3. The molecule has 21 heavy (non-hydrogen) atoms. The van der Waals surface area contributed by atoms with Crippen molar-refractivity contribution in [2.24, 2.45) is 7.05 Å². The molecule has 1 aromatic carbocycles. The molecule has 0 saturated heterocycles. The molecule has 0 spiro atoms. The van der Waals surface area contributed by atoms with Gasteiger partial charge in [-0.05, 0) is 11.6 Å². The lowest BCUT2D eigenvalue weighted by Gasteiger charge is -2.06. The van der Waals surface area contributed by atoms with Gasteiger partial charge < -0.3 is 14.4 Å². The van der Waals surface area contributed by atoms with E-state index in [-0.39, 0.29) is 12.3 Å². The lowest BCUT2D eigenvalue weighted by Crippen LogP contribution is -1.98. The maximum absolute atomic E-state index is 10.9. The third-order valence-electron chi connectivity index (χ3n) is 2.97. The van der Waals surface area contributed by atoms with Gasteiger partial charge in [-0.3, -0.25) is 10.1 Å². The number of rotatable bonds is 6. The zero-order valence-corrected chi connectivity index (χ0v) is 12.5. The second-order valence-electron chi connectivity index (χ2n) is 4.33. The number of thioether (sulfide) groups is 1. The quantitative estimate of drug-likeness (QED) is 0.499. The Bertz CT molecular complexity index is 657. The van der Waals surface area contributed by atoms with Gasteiger partial charge in [-0.25, -0.2) is 4.98 Å². The van der Waals surface area contributed by atoms with Crippen LogP contribution in [0, 0.1) is 10.1 Å². The van der Waals surface area contributed by atoms with Crippen LogP contribution in [-0.2, 0) is 19.4 Å². The molecule has 7 nitrogen and oxygen atoms in total. The Labute approximate surface area is 125 Å². The normalized spacial score (nSPS) is 10.6. The van der Waals surface area contributed by atoms with Crippen molar-refractivity contribution in [2.75, 3.05) is 7.11 Å². The van der Waals surface area contributed by atoms with E-state index in [2.05, 4.69) is 4.98 Å². The van der Waals surface area contributed by atoms with Crippen LogP contribution in [0.4, 0.5) is 5.69 Å². The summed E-state index contributed by atoms with van der Waals surface area (Å²) in [6.45, 7) is -0.0747. The number of imidazole rings is 1. The van der Waals surface area contributed by atoms with Gasteiger partial charge in [0.2, 0.25) is 0 Å². The van der Waals surface area contributed by atoms with Crippen LogP contribution in [0.2, 0.25) is 0 Å². The number of hydrogen-bond acceptors (Lipinski definition) is 6. The number of nitrogens with zero attached hydrogens (tertiary/aromatic N) is 3. The fraction of sp³-hybridized carbons (Fsp3) is 0.308. The van der Waals surface area contributed by atoms with E-state index in [1.54, 1.807) is 16.8 Å². The number of aliphatic hydroxyl groups excluding tert-OH is 1. The van der Waals surface area contributed by atoms with Crippen LogP contribution in [-0.4, -0.2) is 26.7 Å². The summed E-state index contributed by atoms with van der Waals surface area (Å²) >= 11 is 1.44. The van der Waals surface area contributed by atoms with Crippen molar-refractivity contribution >= 4 is 17.4 Å². The molecule has 0 aliphatic rings. The highest BCUT2D eigenvalue weighted by Crippen LogP contribution is 2.28.